The summed E-state index contributed by atoms with van der Waals surface area (Å²) in [5, 5.41) is 13.5. The number of carbonyl (C=O) groups is 1. The number of thiophene rings is 1. The third kappa shape index (κ3) is 2.82. The fourth-order valence-corrected chi connectivity index (χ4v) is 4.39. The van der Waals surface area contributed by atoms with Gasteiger partial charge in [-0.15, -0.1) is 11.3 Å². The number of benzene rings is 1. The Balaban J connectivity index is 1.74. The molecule has 130 valence electrons. The highest BCUT2D eigenvalue weighted by molar-refractivity contribution is 7.26. The molecule has 3 aromatic rings. The van der Waals surface area contributed by atoms with E-state index in [0.29, 0.717) is 19.0 Å². The minimum Gasteiger partial charge on any atom is -0.465 e. The van der Waals surface area contributed by atoms with E-state index < -0.39 is 6.09 Å². The van der Waals surface area contributed by atoms with Crippen molar-refractivity contribution < 1.29 is 9.90 Å². The fraction of sp³-hybridized carbons (Fsp3) is 0.353. The molecule has 0 spiro atoms. The molecule has 1 aliphatic heterocycles. The molecule has 0 bridgehead atoms. The van der Waals surface area contributed by atoms with E-state index in [1.165, 1.54) is 9.60 Å². The van der Waals surface area contributed by atoms with Crippen molar-refractivity contribution in [1.29, 1.82) is 0 Å². The Labute approximate surface area is 148 Å². The number of fused-ring (bicyclic) bond motifs is 3. The molecule has 0 radical (unpaired) electrons. The van der Waals surface area contributed by atoms with Crippen molar-refractivity contribution in [2.24, 2.45) is 0 Å². The van der Waals surface area contributed by atoms with E-state index in [9.17, 15) is 4.79 Å². The number of aromatic nitrogens is 2. The Morgan fingerprint density at radius 1 is 1.36 bits per heavy atom. The van der Waals surface area contributed by atoms with Crippen LogP contribution in [0.5, 0.6) is 0 Å². The molecule has 0 unspecified atom stereocenters. The van der Waals surface area contributed by atoms with Crippen molar-refractivity contribution >= 4 is 49.5 Å². The lowest BCUT2D eigenvalue weighted by Gasteiger charge is -2.17. The first-order valence-corrected chi connectivity index (χ1v) is 8.95. The summed E-state index contributed by atoms with van der Waals surface area (Å²) in [5.74, 6) is 1.43. The topological polar surface area (TPSA) is 81.6 Å². The van der Waals surface area contributed by atoms with Crippen molar-refractivity contribution in [3.8, 4) is 0 Å². The van der Waals surface area contributed by atoms with Gasteiger partial charge in [0.15, 0.2) is 5.82 Å². The Hall–Kier alpha value is -2.61. The first-order chi connectivity index (χ1) is 12.0. The van der Waals surface area contributed by atoms with Crippen LogP contribution in [0.25, 0.3) is 20.3 Å². The Kier molecular flexibility index (Phi) is 3.84. The molecule has 1 saturated heterocycles. The lowest BCUT2D eigenvalue weighted by molar-refractivity contribution is 0.155. The summed E-state index contributed by atoms with van der Waals surface area (Å²) in [7, 11) is 3.94. The summed E-state index contributed by atoms with van der Waals surface area (Å²) in [4.78, 5) is 23.9. The highest BCUT2D eigenvalue weighted by Crippen LogP contribution is 2.37. The van der Waals surface area contributed by atoms with Gasteiger partial charge in [0, 0.05) is 43.3 Å². The third-order valence-corrected chi connectivity index (χ3v) is 5.57. The molecule has 25 heavy (non-hydrogen) atoms. The summed E-state index contributed by atoms with van der Waals surface area (Å²) in [6, 6.07) is 8.25. The van der Waals surface area contributed by atoms with Crippen LogP contribution < -0.4 is 10.2 Å². The van der Waals surface area contributed by atoms with E-state index in [2.05, 4.69) is 22.4 Å². The number of nitrogens with zero attached hydrogens (tertiary/aromatic N) is 4. The van der Waals surface area contributed by atoms with E-state index in [1.54, 1.807) is 11.3 Å². The number of anilines is 2. The molecule has 4 rings (SSSR count). The van der Waals surface area contributed by atoms with Gasteiger partial charge in [0.1, 0.15) is 0 Å². The lowest BCUT2D eigenvalue weighted by Crippen LogP contribution is -2.30. The molecule has 2 N–H and O–H groups in total. The molecule has 0 saturated carbocycles. The second-order valence-corrected chi connectivity index (χ2v) is 7.45. The van der Waals surface area contributed by atoms with Crippen LogP contribution in [0.4, 0.5) is 16.6 Å². The van der Waals surface area contributed by atoms with E-state index in [0.717, 1.165) is 27.8 Å². The average Bonchev–Trinajstić information content (AvgIpc) is 3.19. The standard InChI is InChI=1S/C17H19N5O2S/c1-21(2)15-14-13(11-5-3-4-6-12(11)25-14)19-16(20-15)18-10-7-8-22(9-10)17(23)24/h3-6,10H,7-9H2,1-2H3,(H,23,24)(H,18,19,20)/t10-/m0/s1. The average molecular weight is 357 g/mol. The minimum atomic E-state index is -0.876. The summed E-state index contributed by atoms with van der Waals surface area (Å²) in [6.45, 7) is 0.996. The van der Waals surface area contributed by atoms with Crippen LogP contribution in [0.1, 0.15) is 6.42 Å². The summed E-state index contributed by atoms with van der Waals surface area (Å²) >= 11 is 1.69. The number of amides is 1. The number of carboxylic acid groups (broad SMARTS) is 1. The maximum atomic E-state index is 11.1. The number of nitrogens with one attached hydrogen (secondary N) is 1. The minimum absolute atomic E-state index is 0.0356. The molecule has 1 amide bonds. The van der Waals surface area contributed by atoms with Gasteiger partial charge >= 0.3 is 6.09 Å². The van der Waals surface area contributed by atoms with E-state index in [1.807, 2.05) is 31.1 Å². The maximum Gasteiger partial charge on any atom is 0.407 e. The molecular weight excluding hydrogens is 338 g/mol. The van der Waals surface area contributed by atoms with Crippen molar-refractivity contribution in [2.75, 3.05) is 37.4 Å². The second kappa shape index (κ2) is 6.03. The number of hydrogen-bond donors (Lipinski definition) is 2. The lowest BCUT2D eigenvalue weighted by atomic mass is 10.2. The van der Waals surface area contributed by atoms with Gasteiger partial charge in [0.25, 0.3) is 0 Å². The first-order valence-electron chi connectivity index (χ1n) is 8.14. The van der Waals surface area contributed by atoms with Gasteiger partial charge in [-0.2, -0.15) is 4.98 Å². The van der Waals surface area contributed by atoms with Gasteiger partial charge in [-0.3, -0.25) is 0 Å². The number of rotatable bonds is 3. The molecular formula is C17H19N5O2S. The van der Waals surface area contributed by atoms with E-state index >= 15 is 0 Å². The van der Waals surface area contributed by atoms with Crippen LogP contribution in [0, 0.1) is 0 Å². The first kappa shape index (κ1) is 15.9. The number of likely N-dealkylation sites (tertiary alicyclic amines) is 1. The van der Waals surface area contributed by atoms with Crippen LogP contribution >= 0.6 is 11.3 Å². The maximum absolute atomic E-state index is 11.1. The monoisotopic (exact) mass is 357 g/mol. The van der Waals surface area contributed by atoms with Crippen LogP contribution in [0.3, 0.4) is 0 Å². The molecule has 1 atom stereocenters. The van der Waals surface area contributed by atoms with Gasteiger partial charge in [-0.05, 0) is 12.5 Å². The quantitative estimate of drug-likeness (QED) is 0.750. The molecule has 2 aromatic heterocycles. The van der Waals surface area contributed by atoms with Gasteiger partial charge in [0.2, 0.25) is 5.95 Å². The summed E-state index contributed by atoms with van der Waals surface area (Å²) < 4.78 is 2.25. The SMILES string of the molecule is CN(C)c1nc(N[C@H]2CCN(C(=O)O)C2)nc2c1sc1ccccc12. The third-order valence-electron chi connectivity index (χ3n) is 4.42. The van der Waals surface area contributed by atoms with Crippen molar-refractivity contribution in [1.82, 2.24) is 14.9 Å². The molecule has 7 nitrogen and oxygen atoms in total. The molecule has 1 aromatic carbocycles. The van der Waals surface area contributed by atoms with Crippen molar-refractivity contribution in [2.45, 2.75) is 12.5 Å². The molecule has 0 aliphatic carbocycles. The summed E-state index contributed by atoms with van der Waals surface area (Å²) in [5.41, 5.74) is 0.940. The zero-order chi connectivity index (χ0) is 17.6. The summed E-state index contributed by atoms with van der Waals surface area (Å²) in [6.07, 6.45) is -0.117. The van der Waals surface area contributed by atoms with Crippen molar-refractivity contribution in [3.63, 3.8) is 0 Å². The van der Waals surface area contributed by atoms with E-state index in [-0.39, 0.29) is 6.04 Å². The Morgan fingerprint density at radius 3 is 2.88 bits per heavy atom. The Morgan fingerprint density at radius 2 is 2.16 bits per heavy atom. The molecule has 3 heterocycles. The second-order valence-electron chi connectivity index (χ2n) is 6.40. The fourth-order valence-electron chi connectivity index (χ4n) is 3.18. The van der Waals surface area contributed by atoms with Crippen molar-refractivity contribution in [3.05, 3.63) is 24.3 Å². The van der Waals surface area contributed by atoms with Crippen LogP contribution in [0.2, 0.25) is 0 Å². The van der Waals surface area contributed by atoms with Crippen LogP contribution in [-0.4, -0.2) is 59.3 Å². The molecule has 1 aliphatic rings. The predicted octanol–water partition coefficient (Wildman–Crippen LogP) is 3.07. The Bertz CT molecular complexity index is 955. The zero-order valence-electron chi connectivity index (χ0n) is 14.1. The number of hydrogen-bond acceptors (Lipinski definition) is 6. The van der Waals surface area contributed by atoms with Gasteiger partial charge in [-0.1, -0.05) is 18.2 Å². The van der Waals surface area contributed by atoms with Crippen LogP contribution in [-0.2, 0) is 0 Å². The normalized spacial score (nSPS) is 17.4. The molecule has 1 fully saturated rings. The largest absolute Gasteiger partial charge is 0.465 e. The van der Waals surface area contributed by atoms with E-state index in [4.69, 9.17) is 10.1 Å². The van der Waals surface area contributed by atoms with Crippen LogP contribution in [0.15, 0.2) is 24.3 Å². The predicted molar refractivity (Wildman–Crippen MR) is 101 cm³/mol. The molecule has 8 heteroatoms. The van der Waals surface area contributed by atoms with Gasteiger partial charge in [0.05, 0.1) is 10.2 Å². The zero-order valence-corrected chi connectivity index (χ0v) is 14.9. The highest BCUT2D eigenvalue weighted by atomic mass is 32.1. The van der Waals surface area contributed by atoms with Gasteiger partial charge in [-0.25, -0.2) is 9.78 Å². The van der Waals surface area contributed by atoms with Gasteiger partial charge < -0.3 is 20.2 Å². The smallest absolute Gasteiger partial charge is 0.407 e. The highest BCUT2D eigenvalue weighted by Gasteiger charge is 2.27.